The molecular formula is C15H23N3O2. The Morgan fingerprint density at radius 2 is 2.25 bits per heavy atom. The maximum atomic E-state index is 11.5. The highest BCUT2D eigenvalue weighted by Crippen LogP contribution is 2.25. The van der Waals surface area contributed by atoms with Gasteiger partial charge in [-0.05, 0) is 44.1 Å². The van der Waals surface area contributed by atoms with E-state index in [4.69, 9.17) is 5.73 Å². The van der Waals surface area contributed by atoms with E-state index in [-0.39, 0.29) is 5.97 Å². The zero-order valence-electron chi connectivity index (χ0n) is 12.3. The molecule has 0 radical (unpaired) electrons. The van der Waals surface area contributed by atoms with E-state index in [2.05, 4.69) is 28.9 Å². The molecule has 5 heteroatoms. The smallest absolute Gasteiger partial charge is 0.337 e. The molecule has 0 saturated carbocycles. The number of nitrogens with one attached hydrogen (secondary N) is 1. The Kier molecular flexibility index (Phi) is 4.49. The summed E-state index contributed by atoms with van der Waals surface area (Å²) in [6.07, 6.45) is 1.09. The van der Waals surface area contributed by atoms with Crippen LogP contribution in [0.2, 0.25) is 0 Å². The van der Waals surface area contributed by atoms with Gasteiger partial charge in [-0.1, -0.05) is 6.92 Å². The molecule has 2 unspecified atom stereocenters. The molecule has 1 aromatic rings. The molecule has 110 valence electrons. The lowest BCUT2D eigenvalue weighted by atomic mass is 9.94. The lowest BCUT2D eigenvalue weighted by molar-refractivity contribution is 0.0601. The lowest BCUT2D eigenvalue weighted by Gasteiger charge is -2.36. The molecule has 1 aliphatic rings. The Bertz CT molecular complexity index is 490. The molecule has 5 nitrogen and oxygen atoms in total. The third kappa shape index (κ3) is 3.22. The Balaban J connectivity index is 2.08. The zero-order valence-corrected chi connectivity index (χ0v) is 12.3. The van der Waals surface area contributed by atoms with E-state index in [1.54, 1.807) is 12.1 Å². The molecule has 2 atom stereocenters. The molecule has 1 aliphatic heterocycles. The quantitative estimate of drug-likeness (QED) is 0.651. The van der Waals surface area contributed by atoms with Gasteiger partial charge in [-0.2, -0.15) is 0 Å². The van der Waals surface area contributed by atoms with E-state index in [0.717, 1.165) is 25.2 Å². The fourth-order valence-electron chi connectivity index (χ4n) is 2.71. The number of esters is 1. The summed E-state index contributed by atoms with van der Waals surface area (Å²) in [5.41, 5.74) is 7.97. The van der Waals surface area contributed by atoms with Crippen LogP contribution in [0.15, 0.2) is 18.2 Å². The second-order valence-corrected chi connectivity index (χ2v) is 5.57. The number of carbonyl (C=O) groups is 1. The van der Waals surface area contributed by atoms with Crippen molar-refractivity contribution in [2.75, 3.05) is 38.3 Å². The Morgan fingerprint density at radius 3 is 2.85 bits per heavy atom. The first-order valence-electron chi connectivity index (χ1n) is 6.94. The number of likely N-dealkylation sites (tertiary alicyclic amines) is 1. The number of nitrogens with two attached hydrogens (primary N) is 1. The predicted octanol–water partition coefficient (Wildman–Crippen LogP) is 1.81. The van der Waals surface area contributed by atoms with Crippen LogP contribution in [0.5, 0.6) is 0 Å². The monoisotopic (exact) mass is 277 g/mol. The van der Waals surface area contributed by atoms with Crippen molar-refractivity contribution in [1.82, 2.24) is 4.90 Å². The first-order chi connectivity index (χ1) is 9.51. The summed E-state index contributed by atoms with van der Waals surface area (Å²) < 4.78 is 4.69. The SMILES string of the molecule is COC(=O)c1ccc(NC2CCN(C)CC2C)c(N)c1. The van der Waals surface area contributed by atoms with Gasteiger partial charge in [0.15, 0.2) is 0 Å². The standard InChI is InChI=1S/C15H23N3O2/c1-10-9-18(2)7-6-13(10)17-14-5-4-11(8-12(14)16)15(19)20-3/h4-5,8,10,13,17H,6-7,9,16H2,1-3H3. The van der Waals surface area contributed by atoms with Crippen molar-refractivity contribution in [1.29, 1.82) is 0 Å². The van der Waals surface area contributed by atoms with Crippen molar-refractivity contribution in [2.24, 2.45) is 5.92 Å². The van der Waals surface area contributed by atoms with Crippen LogP contribution in [-0.4, -0.2) is 44.2 Å². The van der Waals surface area contributed by atoms with Gasteiger partial charge < -0.3 is 20.7 Å². The number of benzene rings is 1. The molecule has 1 fully saturated rings. The lowest BCUT2D eigenvalue weighted by Crippen LogP contribution is -2.43. The molecule has 1 aromatic carbocycles. The molecule has 0 bridgehead atoms. The molecule has 1 heterocycles. The van der Waals surface area contributed by atoms with Crippen LogP contribution < -0.4 is 11.1 Å². The van der Waals surface area contributed by atoms with Gasteiger partial charge in [-0.15, -0.1) is 0 Å². The summed E-state index contributed by atoms with van der Waals surface area (Å²) in [6.45, 7) is 4.41. The van der Waals surface area contributed by atoms with Gasteiger partial charge in [-0.25, -0.2) is 4.79 Å². The van der Waals surface area contributed by atoms with Crippen LogP contribution in [0, 0.1) is 5.92 Å². The van der Waals surface area contributed by atoms with Crippen LogP contribution in [-0.2, 0) is 4.74 Å². The molecule has 0 aromatic heterocycles. The molecule has 20 heavy (non-hydrogen) atoms. The highest BCUT2D eigenvalue weighted by atomic mass is 16.5. The molecular weight excluding hydrogens is 254 g/mol. The van der Waals surface area contributed by atoms with Gasteiger partial charge in [0.25, 0.3) is 0 Å². The Morgan fingerprint density at radius 1 is 1.50 bits per heavy atom. The summed E-state index contributed by atoms with van der Waals surface area (Å²) >= 11 is 0. The number of hydrogen-bond donors (Lipinski definition) is 2. The number of carbonyl (C=O) groups excluding carboxylic acids is 1. The van der Waals surface area contributed by atoms with Gasteiger partial charge in [0, 0.05) is 12.6 Å². The van der Waals surface area contributed by atoms with Crippen molar-refractivity contribution in [3.8, 4) is 0 Å². The number of hydrogen-bond acceptors (Lipinski definition) is 5. The summed E-state index contributed by atoms with van der Waals surface area (Å²) in [6, 6.07) is 5.67. The van der Waals surface area contributed by atoms with Gasteiger partial charge in [-0.3, -0.25) is 0 Å². The second kappa shape index (κ2) is 6.13. The Hall–Kier alpha value is -1.75. The zero-order chi connectivity index (χ0) is 14.7. The predicted molar refractivity (Wildman–Crippen MR) is 80.9 cm³/mol. The van der Waals surface area contributed by atoms with Crippen molar-refractivity contribution >= 4 is 17.3 Å². The first-order valence-corrected chi connectivity index (χ1v) is 6.94. The van der Waals surface area contributed by atoms with E-state index in [1.165, 1.54) is 7.11 Å². The highest BCUT2D eigenvalue weighted by molar-refractivity contribution is 5.91. The maximum absolute atomic E-state index is 11.5. The minimum Gasteiger partial charge on any atom is -0.465 e. The summed E-state index contributed by atoms with van der Waals surface area (Å²) in [7, 11) is 3.51. The van der Waals surface area contributed by atoms with E-state index in [0.29, 0.717) is 23.2 Å². The topological polar surface area (TPSA) is 67.6 Å². The third-order valence-corrected chi connectivity index (χ3v) is 3.92. The molecule has 0 spiro atoms. The largest absolute Gasteiger partial charge is 0.465 e. The first kappa shape index (κ1) is 14.7. The third-order valence-electron chi connectivity index (χ3n) is 3.92. The van der Waals surface area contributed by atoms with E-state index in [1.807, 2.05) is 6.07 Å². The van der Waals surface area contributed by atoms with E-state index >= 15 is 0 Å². The maximum Gasteiger partial charge on any atom is 0.337 e. The van der Waals surface area contributed by atoms with Gasteiger partial charge in [0.2, 0.25) is 0 Å². The highest BCUT2D eigenvalue weighted by Gasteiger charge is 2.24. The average molecular weight is 277 g/mol. The number of piperidine rings is 1. The van der Waals surface area contributed by atoms with Crippen LogP contribution in [0.25, 0.3) is 0 Å². The van der Waals surface area contributed by atoms with Crippen LogP contribution in [0.1, 0.15) is 23.7 Å². The Labute approximate surface area is 120 Å². The number of nitrogen functional groups attached to an aromatic ring is 1. The summed E-state index contributed by atoms with van der Waals surface area (Å²) in [5, 5.41) is 3.50. The molecule has 3 N–H and O–H groups in total. The normalized spacial score (nSPS) is 23.4. The number of nitrogens with zero attached hydrogens (tertiary/aromatic N) is 1. The minimum absolute atomic E-state index is 0.365. The number of ether oxygens (including phenoxy) is 1. The van der Waals surface area contributed by atoms with E-state index < -0.39 is 0 Å². The molecule has 0 aliphatic carbocycles. The fraction of sp³-hybridized carbons (Fsp3) is 0.533. The molecule has 1 saturated heterocycles. The average Bonchev–Trinajstić information content (AvgIpc) is 2.42. The number of anilines is 2. The van der Waals surface area contributed by atoms with E-state index in [9.17, 15) is 4.79 Å². The van der Waals surface area contributed by atoms with Crippen molar-refractivity contribution in [3.05, 3.63) is 23.8 Å². The van der Waals surface area contributed by atoms with Gasteiger partial charge >= 0.3 is 5.97 Å². The summed E-state index contributed by atoms with van der Waals surface area (Å²) in [5.74, 6) is 0.198. The van der Waals surface area contributed by atoms with Gasteiger partial charge in [0.1, 0.15) is 0 Å². The number of rotatable bonds is 3. The van der Waals surface area contributed by atoms with Crippen LogP contribution in [0.3, 0.4) is 0 Å². The second-order valence-electron chi connectivity index (χ2n) is 5.57. The summed E-state index contributed by atoms with van der Waals surface area (Å²) in [4.78, 5) is 13.8. The molecule has 2 rings (SSSR count). The fourth-order valence-corrected chi connectivity index (χ4v) is 2.71. The van der Waals surface area contributed by atoms with Gasteiger partial charge in [0.05, 0.1) is 24.0 Å². The van der Waals surface area contributed by atoms with Crippen LogP contribution >= 0.6 is 0 Å². The molecule has 0 amide bonds. The van der Waals surface area contributed by atoms with Crippen molar-refractivity contribution in [3.63, 3.8) is 0 Å². The van der Waals surface area contributed by atoms with Crippen molar-refractivity contribution < 1.29 is 9.53 Å². The van der Waals surface area contributed by atoms with Crippen LogP contribution in [0.4, 0.5) is 11.4 Å². The van der Waals surface area contributed by atoms with Crippen molar-refractivity contribution in [2.45, 2.75) is 19.4 Å². The number of methoxy groups -OCH3 is 1. The minimum atomic E-state index is -0.365.